The van der Waals surface area contributed by atoms with Gasteiger partial charge in [0.15, 0.2) is 5.69 Å². The summed E-state index contributed by atoms with van der Waals surface area (Å²) in [5, 5.41) is 8.12. The van der Waals surface area contributed by atoms with Gasteiger partial charge in [0.05, 0.1) is 11.9 Å². The Labute approximate surface area is 156 Å². The van der Waals surface area contributed by atoms with Crippen LogP contribution in [0.15, 0.2) is 60.8 Å². The van der Waals surface area contributed by atoms with Crippen LogP contribution in [0.25, 0.3) is 5.69 Å². The fourth-order valence-corrected chi connectivity index (χ4v) is 3.38. The highest BCUT2D eigenvalue weighted by Gasteiger charge is 2.29. The van der Waals surface area contributed by atoms with E-state index in [2.05, 4.69) is 15.2 Å². The topological polar surface area (TPSA) is 54.3 Å². The van der Waals surface area contributed by atoms with Gasteiger partial charge in [-0.1, -0.05) is 29.5 Å². The summed E-state index contributed by atoms with van der Waals surface area (Å²) in [6.45, 7) is 3.83. The minimum Gasteiger partial charge on any atom is -0.368 e. The Morgan fingerprint density at radius 1 is 1.07 bits per heavy atom. The maximum Gasteiger partial charge on any atom is 0.276 e. The molecular formula is C20H20FN5O. The number of para-hydroxylation sites is 1. The predicted molar refractivity (Wildman–Crippen MR) is 100 cm³/mol. The number of halogens is 1. The minimum atomic E-state index is -0.254. The summed E-state index contributed by atoms with van der Waals surface area (Å²) in [6.07, 6.45) is 1.66. The fourth-order valence-electron chi connectivity index (χ4n) is 3.38. The molecule has 0 saturated carbocycles. The molecule has 7 heteroatoms. The second-order valence-corrected chi connectivity index (χ2v) is 6.66. The molecule has 1 saturated heterocycles. The zero-order valence-electron chi connectivity index (χ0n) is 15.0. The van der Waals surface area contributed by atoms with E-state index in [-0.39, 0.29) is 17.8 Å². The lowest BCUT2D eigenvalue weighted by atomic mass is 10.1. The van der Waals surface area contributed by atoms with E-state index in [4.69, 9.17) is 0 Å². The van der Waals surface area contributed by atoms with Gasteiger partial charge in [-0.3, -0.25) is 4.79 Å². The third-order valence-corrected chi connectivity index (χ3v) is 4.79. The first-order valence-electron chi connectivity index (χ1n) is 8.91. The SMILES string of the molecule is CC1CN(c2cccc(F)c2)CCN1C(=O)c1cn(-c2ccccc2)nn1. The number of aromatic nitrogens is 3. The van der Waals surface area contributed by atoms with Crippen LogP contribution in [0.3, 0.4) is 0 Å². The van der Waals surface area contributed by atoms with E-state index in [1.807, 2.05) is 43.3 Å². The van der Waals surface area contributed by atoms with Crippen molar-refractivity contribution < 1.29 is 9.18 Å². The van der Waals surface area contributed by atoms with Crippen molar-refractivity contribution >= 4 is 11.6 Å². The van der Waals surface area contributed by atoms with Crippen LogP contribution in [0, 0.1) is 5.82 Å². The van der Waals surface area contributed by atoms with E-state index < -0.39 is 0 Å². The molecular weight excluding hydrogens is 345 g/mol. The molecule has 2 aromatic carbocycles. The van der Waals surface area contributed by atoms with Gasteiger partial charge in [-0.2, -0.15) is 0 Å². The van der Waals surface area contributed by atoms with Crippen molar-refractivity contribution in [3.8, 4) is 5.69 Å². The summed E-state index contributed by atoms with van der Waals surface area (Å²) in [7, 11) is 0. The van der Waals surface area contributed by atoms with Gasteiger partial charge < -0.3 is 9.80 Å². The molecule has 0 radical (unpaired) electrons. The molecule has 138 valence electrons. The van der Waals surface area contributed by atoms with Crippen LogP contribution >= 0.6 is 0 Å². The standard InChI is InChI=1S/C20H20FN5O/c1-15-13-24(18-9-5-6-16(21)12-18)10-11-25(15)20(27)19-14-26(23-22-19)17-7-3-2-4-8-17/h2-9,12,14-15H,10-11,13H2,1H3. The lowest BCUT2D eigenvalue weighted by Gasteiger charge is -2.40. The van der Waals surface area contributed by atoms with Crippen LogP contribution in [0.5, 0.6) is 0 Å². The second-order valence-electron chi connectivity index (χ2n) is 6.66. The molecule has 4 rings (SSSR count). The normalized spacial score (nSPS) is 17.2. The Morgan fingerprint density at radius 3 is 2.59 bits per heavy atom. The molecule has 1 atom stereocenters. The second kappa shape index (κ2) is 7.19. The van der Waals surface area contributed by atoms with Crippen molar-refractivity contribution in [2.75, 3.05) is 24.5 Å². The molecule has 0 spiro atoms. The van der Waals surface area contributed by atoms with Crippen molar-refractivity contribution in [1.29, 1.82) is 0 Å². The fraction of sp³-hybridized carbons (Fsp3) is 0.250. The molecule has 27 heavy (non-hydrogen) atoms. The number of rotatable bonds is 3. The number of nitrogens with zero attached hydrogens (tertiary/aromatic N) is 5. The molecule has 1 amide bonds. The first-order valence-corrected chi connectivity index (χ1v) is 8.91. The van der Waals surface area contributed by atoms with Gasteiger partial charge in [-0.25, -0.2) is 9.07 Å². The number of anilines is 1. The monoisotopic (exact) mass is 365 g/mol. The van der Waals surface area contributed by atoms with Gasteiger partial charge in [0.25, 0.3) is 5.91 Å². The van der Waals surface area contributed by atoms with E-state index in [9.17, 15) is 9.18 Å². The zero-order valence-corrected chi connectivity index (χ0v) is 15.0. The van der Waals surface area contributed by atoms with Crippen LogP contribution in [0.1, 0.15) is 17.4 Å². The molecule has 2 heterocycles. The quantitative estimate of drug-likeness (QED) is 0.716. The number of hydrogen-bond acceptors (Lipinski definition) is 4. The molecule has 3 aromatic rings. The summed E-state index contributed by atoms with van der Waals surface area (Å²) in [5.41, 5.74) is 2.02. The van der Waals surface area contributed by atoms with Crippen molar-refractivity contribution in [3.63, 3.8) is 0 Å². The first kappa shape index (κ1) is 17.2. The highest BCUT2D eigenvalue weighted by molar-refractivity contribution is 5.92. The summed E-state index contributed by atoms with van der Waals surface area (Å²) >= 11 is 0. The lowest BCUT2D eigenvalue weighted by Crippen LogP contribution is -2.54. The maximum atomic E-state index is 13.5. The molecule has 0 N–H and O–H groups in total. The Bertz CT molecular complexity index is 942. The number of hydrogen-bond donors (Lipinski definition) is 0. The van der Waals surface area contributed by atoms with Crippen LogP contribution in [-0.2, 0) is 0 Å². The molecule has 1 unspecified atom stereocenters. The molecule has 1 fully saturated rings. The molecule has 1 aromatic heterocycles. The molecule has 1 aliphatic rings. The lowest BCUT2D eigenvalue weighted by molar-refractivity contribution is 0.0668. The van der Waals surface area contributed by atoms with E-state index in [1.165, 1.54) is 12.1 Å². The third kappa shape index (κ3) is 3.53. The summed E-state index contributed by atoms with van der Waals surface area (Å²) in [5.74, 6) is -0.389. The van der Waals surface area contributed by atoms with Crippen molar-refractivity contribution in [1.82, 2.24) is 19.9 Å². The average molecular weight is 365 g/mol. The number of amides is 1. The molecule has 6 nitrogen and oxygen atoms in total. The van der Waals surface area contributed by atoms with Gasteiger partial charge in [-0.15, -0.1) is 5.10 Å². The van der Waals surface area contributed by atoms with E-state index in [0.717, 1.165) is 11.4 Å². The number of carbonyl (C=O) groups is 1. The largest absolute Gasteiger partial charge is 0.368 e. The van der Waals surface area contributed by atoms with Crippen LogP contribution in [0.4, 0.5) is 10.1 Å². The van der Waals surface area contributed by atoms with Gasteiger partial charge in [0.2, 0.25) is 0 Å². The number of benzene rings is 2. The van der Waals surface area contributed by atoms with E-state index >= 15 is 0 Å². The maximum absolute atomic E-state index is 13.5. The van der Waals surface area contributed by atoms with Crippen molar-refractivity contribution in [2.24, 2.45) is 0 Å². The highest BCUT2D eigenvalue weighted by atomic mass is 19.1. The van der Waals surface area contributed by atoms with E-state index in [0.29, 0.717) is 25.3 Å². The molecule has 1 aliphatic heterocycles. The minimum absolute atomic E-state index is 0.0172. The first-order chi connectivity index (χ1) is 13.1. The Kier molecular flexibility index (Phi) is 4.58. The number of piperazine rings is 1. The zero-order chi connectivity index (χ0) is 18.8. The number of carbonyl (C=O) groups excluding carboxylic acids is 1. The van der Waals surface area contributed by atoms with Crippen LogP contribution in [-0.4, -0.2) is 51.5 Å². The van der Waals surface area contributed by atoms with E-state index in [1.54, 1.807) is 21.8 Å². The predicted octanol–water partition coefficient (Wildman–Crippen LogP) is 2.76. The van der Waals surface area contributed by atoms with Gasteiger partial charge in [-0.05, 0) is 37.3 Å². The van der Waals surface area contributed by atoms with Crippen molar-refractivity contribution in [2.45, 2.75) is 13.0 Å². The smallest absolute Gasteiger partial charge is 0.276 e. The molecule has 0 bridgehead atoms. The molecule has 0 aliphatic carbocycles. The average Bonchev–Trinajstić information content (AvgIpc) is 3.18. The Balaban J connectivity index is 1.47. The summed E-state index contributed by atoms with van der Waals surface area (Å²) < 4.78 is 15.1. The van der Waals surface area contributed by atoms with Gasteiger partial charge >= 0.3 is 0 Å². The summed E-state index contributed by atoms with van der Waals surface area (Å²) in [4.78, 5) is 16.8. The van der Waals surface area contributed by atoms with Gasteiger partial charge in [0.1, 0.15) is 5.82 Å². The van der Waals surface area contributed by atoms with Crippen LogP contribution < -0.4 is 4.90 Å². The Morgan fingerprint density at radius 2 is 1.85 bits per heavy atom. The summed E-state index contributed by atoms with van der Waals surface area (Å²) in [6, 6.07) is 16.1. The van der Waals surface area contributed by atoms with Crippen molar-refractivity contribution in [3.05, 3.63) is 72.3 Å². The highest BCUT2D eigenvalue weighted by Crippen LogP contribution is 2.21. The Hall–Kier alpha value is -3.22. The van der Waals surface area contributed by atoms with Gasteiger partial charge in [0, 0.05) is 31.4 Å². The third-order valence-electron chi connectivity index (χ3n) is 4.79. The van der Waals surface area contributed by atoms with Crippen LogP contribution in [0.2, 0.25) is 0 Å².